The highest BCUT2D eigenvalue weighted by Gasteiger charge is 2.32. The van der Waals surface area contributed by atoms with Crippen LogP contribution in [0.15, 0.2) is 10.6 Å². The van der Waals surface area contributed by atoms with Gasteiger partial charge in [-0.25, -0.2) is 0 Å². The number of hydrogen-bond donors (Lipinski definition) is 1. The number of amides is 1. The number of halogens is 1. The van der Waals surface area contributed by atoms with Crippen molar-refractivity contribution in [3.05, 3.63) is 17.5 Å². The Balaban J connectivity index is 0.00000133. The van der Waals surface area contributed by atoms with Crippen LogP contribution in [0.2, 0.25) is 0 Å². The first kappa shape index (κ1) is 14.3. The highest BCUT2D eigenvalue weighted by atomic mass is 35.5. The maximum atomic E-state index is 12.3. The summed E-state index contributed by atoms with van der Waals surface area (Å²) in [4.78, 5) is 14.2. The first-order chi connectivity index (χ1) is 8.74. The fourth-order valence-corrected chi connectivity index (χ4v) is 3.04. The van der Waals surface area contributed by atoms with Crippen molar-refractivity contribution >= 4 is 18.3 Å². The van der Waals surface area contributed by atoms with Gasteiger partial charge >= 0.3 is 0 Å². The number of rotatable bonds is 1. The molecule has 0 aromatic carbocycles. The molecule has 2 fully saturated rings. The highest BCUT2D eigenvalue weighted by Crippen LogP contribution is 2.27. The van der Waals surface area contributed by atoms with Gasteiger partial charge in [0.25, 0.3) is 5.91 Å². The van der Waals surface area contributed by atoms with E-state index in [1.807, 2.05) is 11.8 Å². The van der Waals surface area contributed by atoms with E-state index in [1.54, 1.807) is 6.07 Å². The van der Waals surface area contributed by atoms with Crippen molar-refractivity contribution in [3.8, 4) is 0 Å². The average molecular weight is 286 g/mol. The standard InChI is InChI=1S/C13H19N3O2.ClH/c1-9-6-12(18-15-9)13(17)16-4-2-10-7-14-8-11(10)3-5-16;/h6,10-11,14H,2-5,7-8H2,1H3;1H/t10-,11+;. The molecule has 2 aliphatic rings. The molecule has 19 heavy (non-hydrogen) atoms. The van der Waals surface area contributed by atoms with Gasteiger partial charge in [0, 0.05) is 19.2 Å². The summed E-state index contributed by atoms with van der Waals surface area (Å²) in [6, 6.07) is 1.72. The largest absolute Gasteiger partial charge is 0.351 e. The molecular formula is C13H20ClN3O2. The number of hydrogen-bond acceptors (Lipinski definition) is 4. The van der Waals surface area contributed by atoms with Crippen LogP contribution >= 0.6 is 12.4 Å². The number of aromatic nitrogens is 1. The molecule has 1 amide bonds. The molecule has 0 radical (unpaired) electrons. The Morgan fingerprint density at radius 2 is 2.00 bits per heavy atom. The van der Waals surface area contributed by atoms with Crippen molar-refractivity contribution in [2.45, 2.75) is 19.8 Å². The van der Waals surface area contributed by atoms with Gasteiger partial charge in [-0.1, -0.05) is 5.16 Å². The summed E-state index contributed by atoms with van der Waals surface area (Å²) in [7, 11) is 0. The minimum atomic E-state index is -0.0106. The third kappa shape index (κ3) is 2.92. The molecule has 2 atom stereocenters. The van der Waals surface area contributed by atoms with Crippen molar-refractivity contribution in [1.29, 1.82) is 0 Å². The van der Waals surface area contributed by atoms with Crippen LogP contribution in [0.5, 0.6) is 0 Å². The molecule has 1 aromatic heterocycles. The van der Waals surface area contributed by atoms with Crippen molar-refractivity contribution in [1.82, 2.24) is 15.4 Å². The van der Waals surface area contributed by atoms with Crippen LogP contribution in [0.1, 0.15) is 29.1 Å². The van der Waals surface area contributed by atoms with Gasteiger partial charge in [0.1, 0.15) is 0 Å². The molecular weight excluding hydrogens is 266 g/mol. The molecule has 106 valence electrons. The van der Waals surface area contributed by atoms with Crippen LogP contribution in [0.3, 0.4) is 0 Å². The minimum Gasteiger partial charge on any atom is -0.351 e. The summed E-state index contributed by atoms with van der Waals surface area (Å²) >= 11 is 0. The second kappa shape index (κ2) is 5.92. The Bertz CT molecular complexity index is 435. The Morgan fingerprint density at radius 1 is 1.37 bits per heavy atom. The van der Waals surface area contributed by atoms with E-state index in [0.29, 0.717) is 5.76 Å². The summed E-state index contributed by atoms with van der Waals surface area (Å²) in [6.07, 6.45) is 2.19. The summed E-state index contributed by atoms with van der Waals surface area (Å²) in [5.41, 5.74) is 0.759. The Morgan fingerprint density at radius 3 is 2.53 bits per heavy atom. The molecule has 1 aromatic rings. The van der Waals surface area contributed by atoms with Gasteiger partial charge in [-0.15, -0.1) is 12.4 Å². The Hall–Kier alpha value is -1.07. The SMILES string of the molecule is Cc1cc(C(=O)N2CC[C@@H]3CNC[C@@H]3CC2)on1.Cl. The van der Waals surface area contributed by atoms with Gasteiger partial charge in [0.15, 0.2) is 0 Å². The lowest BCUT2D eigenvalue weighted by Gasteiger charge is -2.19. The van der Waals surface area contributed by atoms with E-state index >= 15 is 0 Å². The molecule has 0 aliphatic carbocycles. The van der Waals surface area contributed by atoms with Crippen molar-refractivity contribution in [2.75, 3.05) is 26.2 Å². The number of fused-ring (bicyclic) bond motifs is 1. The van der Waals surface area contributed by atoms with E-state index < -0.39 is 0 Å². The first-order valence-electron chi connectivity index (χ1n) is 6.67. The van der Waals surface area contributed by atoms with Gasteiger partial charge in [-0.3, -0.25) is 4.79 Å². The lowest BCUT2D eigenvalue weighted by molar-refractivity contribution is 0.0716. The van der Waals surface area contributed by atoms with E-state index in [1.165, 1.54) is 0 Å². The smallest absolute Gasteiger partial charge is 0.292 e. The molecule has 2 saturated heterocycles. The molecule has 0 spiro atoms. The number of likely N-dealkylation sites (tertiary alicyclic amines) is 1. The molecule has 0 bridgehead atoms. The van der Waals surface area contributed by atoms with Gasteiger partial charge in [0.2, 0.25) is 5.76 Å². The summed E-state index contributed by atoms with van der Waals surface area (Å²) in [6.45, 7) is 5.71. The zero-order chi connectivity index (χ0) is 12.5. The number of aryl methyl sites for hydroxylation is 1. The number of nitrogens with one attached hydrogen (secondary N) is 1. The van der Waals surface area contributed by atoms with Crippen LogP contribution in [0.4, 0.5) is 0 Å². The Kier molecular flexibility index (Phi) is 4.47. The molecule has 3 heterocycles. The quantitative estimate of drug-likeness (QED) is 0.849. The summed E-state index contributed by atoms with van der Waals surface area (Å²) < 4.78 is 5.06. The van der Waals surface area contributed by atoms with E-state index in [2.05, 4.69) is 10.5 Å². The number of carbonyl (C=O) groups is 1. The predicted molar refractivity (Wildman–Crippen MR) is 73.5 cm³/mol. The third-order valence-corrected chi connectivity index (χ3v) is 4.15. The average Bonchev–Trinajstić information content (AvgIpc) is 2.94. The maximum absolute atomic E-state index is 12.3. The van der Waals surface area contributed by atoms with Crippen LogP contribution in [0.25, 0.3) is 0 Å². The van der Waals surface area contributed by atoms with Crippen LogP contribution in [0, 0.1) is 18.8 Å². The zero-order valence-electron chi connectivity index (χ0n) is 11.1. The molecule has 6 heteroatoms. The third-order valence-electron chi connectivity index (χ3n) is 4.15. The maximum Gasteiger partial charge on any atom is 0.292 e. The predicted octanol–water partition coefficient (Wildman–Crippen LogP) is 1.48. The van der Waals surface area contributed by atoms with E-state index in [9.17, 15) is 4.79 Å². The summed E-state index contributed by atoms with van der Waals surface area (Å²) in [5, 5.41) is 7.22. The van der Waals surface area contributed by atoms with Gasteiger partial charge in [-0.2, -0.15) is 0 Å². The first-order valence-corrected chi connectivity index (χ1v) is 6.67. The lowest BCUT2D eigenvalue weighted by Crippen LogP contribution is -2.32. The van der Waals surface area contributed by atoms with E-state index in [-0.39, 0.29) is 18.3 Å². The number of nitrogens with zero attached hydrogens (tertiary/aromatic N) is 2. The molecule has 1 N–H and O–H groups in total. The molecule has 2 aliphatic heterocycles. The second-order valence-electron chi connectivity index (χ2n) is 5.38. The van der Waals surface area contributed by atoms with E-state index in [4.69, 9.17) is 4.52 Å². The van der Waals surface area contributed by atoms with Gasteiger partial charge in [0.05, 0.1) is 5.69 Å². The monoisotopic (exact) mass is 285 g/mol. The molecule has 0 saturated carbocycles. The minimum absolute atomic E-state index is 0. The van der Waals surface area contributed by atoms with Crippen LogP contribution in [-0.2, 0) is 0 Å². The van der Waals surface area contributed by atoms with Gasteiger partial charge in [-0.05, 0) is 44.7 Å². The molecule has 5 nitrogen and oxygen atoms in total. The molecule has 0 unspecified atom stereocenters. The van der Waals surface area contributed by atoms with Gasteiger partial charge < -0.3 is 14.7 Å². The Labute approximate surface area is 119 Å². The van der Waals surface area contributed by atoms with Crippen molar-refractivity contribution in [2.24, 2.45) is 11.8 Å². The topological polar surface area (TPSA) is 58.4 Å². The number of carbonyl (C=O) groups excluding carboxylic acids is 1. The fraction of sp³-hybridized carbons (Fsp3) is 0.692. The second-order valence-corrected chi connectivity index (χ2v) is 5.38. The molecule has 3 rings (SSSR count). The van der Waals surface area contributed by atoms with Crippen LogP contribution < -0.4 is 5.32 Å². The highest BCUT2D eigenvalue weighted by molar-refractivity contribution is 5.91. The summed E-state index contributed by atoms with van der Waals surface area (Å²) in [5.74, 6) is 1.83. The van der Waals surface area contributed by atoms with E-state index in [0.717, 1.165) is 56.6 Å². The normalized spacial score (nSPS) is 26.5. The fourth-order valence-electron chi connectivity index (χ4n) is 3.04. The lowest BCUT2D eigenvalue weighted by atomic mass is 9.92. The van der Waals surface area contributed by atoms with Crippen LogP contribution in [-0.4, -0.2) is 42.1 Å². The zero-order valence-corrected chi connectivity index (χ0v) is 11.9. The van der Waals surface area contributed by atoms with Crippen molar-refractivity contribution in [3.63, 3.8) is 0 Å². The van der Waals surface area contributed by atoms with Crippen molar-refractivity contribution < 1.29 is 9.32 Å².